The number of nitrogens with one attached hydrogen (secondary N) is 1. The first-order chi connectivity index (χ1) is 8.66. The Hall–Kier alpha value is -1.35. The molecule has 1 aliphatic rings. The van der Waals surface area contributed by atoms with Crippen molar-refractivity contribution in [2.24, 2.45) is 5.92 Å². The summed E-state index contributed by atoms with van der Waals surface area (Å²) in [5.41, 5.74) is 2.48. The van der Waals surface area contributed by atoms with E-state index in [4.69, 9.17) is 0 Å². The van der Waals surface area contributed by atoms with Gasteiger partial charge in [0.05, 0.1) is 12.0 Å². The lowest BCUT2D eigenvalue weighted by atomic mass is 10.0. The van der Waals surface area contributed by atoms with Crippen molar-refractivity contribution >= 4 is 5.91 Å². The van der Waals surface area contributed by atoms with Gasteiger partial charge in [0, 0.05) is 6.54 Å². The van der Waals surface area contributed by atoms with Crippen LogP contribution in [0.2, 0.25) is 0 Å². The average molecular weight is 247 g/mol. The molecule has 0 aromatic heterocycles. The Labute approximate surface area is 108 Å². The number of aliphatic hydroxyl groups is 1. The fourth-order valence-corrected chi connectivity index (χ4v) is 2.46. The van der Waals surface area contributed by atoms with Gasteiger partial charge in [-0.1, -0.05) is 29.8 Å². The van der Waals surface area contributed by atoms with E-state index in [2.05, 4.69) is 36.5 Å². The predicted molar refractivity (Wildman–Crippen MR) is 71.2 cm³/mol. The Kier molecular flexibility index (Phi) is 4.37. The van der Waals surface area contributed by atoms with Crippen molar-refractivity contribution in [2.45, 2.75) is 38.7 Å². The Morgan fingerprint density at radius 2 is 2.06 bits per heavy atom. The lowest BCUT2D eigenvalue weighted by Gasteiger charge is -2.14. The summed E-state index contributed by atoms with van der Waals surface area (Å²) in [5.74, 6) is -0.185. The fraction of sp³-hybridized carbons (Fsp3) is 0.533. The van der Waals surface area contributed by atoms with Crippen molar-refractivity contribution in [3.05, 3.63) is 35.4 Å². The standard InChI is InChI=1S/C15H21NO2/c1-11-5-7-12(8-6-11)9-10-16-15(18)13-3-2-4-14(13)17/h5-8,13-14,17H,2-4,9-10H2,1H3,(H,16,18). The zero-order valence-electron chi connectivity index (χ0n) is 10.9. The number of amides is 1. The van der Waals surface area contributed by atoms with E-state index in [0.29, 0.717) is 6.54 Å². The molecule has 0 bridgehead atoms. The van der Waals surface area contributed by atoms with Gasteiger partial charge in [0.15, 0.2) is 0 Å². The largest absolute Gasteiger partial charge is 0.392 e. The first kappa shape index (κ1) is 13.1. The Balaban J connectivity index is 1.75. The van der Waals surface area contributed by atoms with Gasteiger partial charge in [0.2, 0.25) is 5.91 Å². The van der Waals surface area contributed by atoms with Crippen LogP contribution in [-0.4, -0.2) is 23.7 Å². The van der Waals surface area contributed by atoms with E-state index in [1.807, 2.05) is 0 Å². The number of aliphatic hydroxyl groups excluding tert-OH is 1. The van der Waals surface area contributed by atoms with Crippen molar-refractivity contribution in [3.63, 3.8) is 0 Å². The molecular formula is C15H21NO2. The molecule has 1 aromatic carbocycles. The summed E-state index contributed by atoms with van der Waals surface area (Å²) in [5, 5.41) is 12.6. The van der Waals surface area contributed by atoms with Crippen molar-refractivity contribution < 1.29 is 9.90 Å². The molecule has 3 heteroatoms. The number of carbonyl (C=O) groups is 1. The molecule has 1 amide bonds. The number of hydrogen-bond acceptors (Lipinski definition) is 2. The minimum atomic E-state index is -0.440. The minimum Gasteiger partial charge on any atom is -0.392 e. The van der Waals surface area contributed by atoms with Crippen LogP contribution in [-0.2, 0) is 11.2 Å². The fourth-order valence-electron chi connectivity index (χ4n) is 2.46. The molecule has 1 aromatic rings. The predicted octanol–water partition coefficient (Wildman–Crippen LogP) is 1.81. The first-order valence-corrected chi connectivity index (χ1v) is 6.68. The SMILES string of the molecule is Cc1ccc(CCNC(=O)C2CCCC2O)cc1. The lowest BCUT2D eigenvalue weighted by molar-refractivity contribution is -0.127. The summed E-state index contributed by atoms with van der Waals surface area (Å²) in [6.45, 7) is 2.71. The van der Waals surface area contributed by atoms with Crippen LogP contribution in [0.3, 0.4) is 0 Å². The van der Waals surface area contributed by atoms with Crippen LogP contribution in [0.5, 0.6) is 0 Å². The van der Waals surface area contributed by atoms with Crippen LogP contribution in [0, 0.1) is 12.8 Å². The summed E-state index contributed by atoms with van der Waals surface area (Å²) in [6, 6.07) is 8.34. The average Bonchev–Trinajstić information content (AvgIpc) is 2.78. The molecule has 18 heavy (non-hydrogen) atoms. The second-order valence-electron chi connectivity index (χ2n) is 5.13. The molecule has 2 unspecified atom stereocenters. The van der Waals surface area contributed by atoms with Crippen LogP contribution in [0.15, 0.2) is 24.3 Å². The number of hydrogen-bond donors (Lipinski definition) is 2. The van der Waals surface area contributed by atoms with E-state index >= 15 is 0 Å². The highest BCUT2D eigenvalue weighted by Gasteiger charge is 2.30. The van der Waals surface area contributed by atoms with E-state index in [9.17, 15) is 9.90 Å². The number of benzene rings is 1. The van der Waals surface area contributed by atoms with Gasteiger partial charge in [-0.3, -0.25) is 4.79 Å². The Bertz CT molecular complexity index is 399. The highest BCUT2D eigenvalue weighted by Crippen LogP contribution is 2.25. The molecule has 0 heterocycles. The van der Waals surface area contributed by atoms with Gasteiger partial charge in [-0.15, -0.1) is 0 Å². The van der Waals surface area contributed by atoms with E-state index in [1.165, 1.54) is 11.1 Å². The molecule has 1 aliphatic carbocycles. The molecule has 98 valence electrons. The molecule has 2 rings (SSSR count). The molecule has 0 spiro atoms. The number of carbonyl (C=O) groups excluding carboxylic acids is 1. The molecule has 1 saturated carbocycles. The highest BCUT2D eigenvalue weighted by molar-refractivity contribution is 5.79. The summed E-state index contributed by atoms with van der Waals surface area (Å²) in [6.07, 6.45) is 2.93. The minimum absolute atomic E-state index is 0.00658. The topological polar surface area (TPSA) is 49.3 Å². The zero-order valence-corrected chi connectivity index (χ0v) is 10.9. The van der Waals surface area contributed by atoms with E-state index in [1.54, 1.807) is 0 Å². The highest BCUT2D eigenvalue weighted by atomic mass is 16.3. The van der Waals surface area contributed by atoms with Gasteiger partial charge in [-0.25, -0.2) is 0 Å². The third kappa shape index (κ3) is 3.33. The van der Waals surface area contributed by atoms with Crippen LogP contribution in [0.4, 0.5) is 0 Å². The van der Waals surface area contributed by atoms with Crippen molar-refractivity contribution in [1.29, 1.82) is 0 Å². The van der Waals surface area contributed by atoms with E-state index in [-0.39, 0.29) is 11.8 Å². The first-order valence-electron chi connectivity index (χ1n) is 6.68. The summed E-state index contributed by atoms with van der Waals surface area (Å²) >= 11 is 0. The third-order valence-electron chi connectivity index (χ3n) is 3.65. The molecule has 0 saturated heterocycles. The maximum absolute atomic E-state index is 11.8. The maximum atomic E-state index is 11.8. The molecular weight excluding hydrogens is 226 g/mol. The summed E-state index contributed by atoms with van der Waals surface area (Å²) in [7, 11) is 0. The monoisotopic (exact) mass is 247 g/mol. The number of rotatable bonds is 4. The van der Waals surface area contributed by atoms with Gasteiger partial charge in [0.1, 0.15) is 0 Å². The van der Waals surface area contributed by atoms with Gasteiger partial charge < -0.3 is 10.4 Å². The van der Waals surface area contributed by atoms with E-state index in [0.717, 1.165) is 25.7 Å². The zero-order chi connectivity index (χ0) is 13.0. The normalized spacial score (nSPS) is 23.0. The van der Waals surface area contributed by atoms with Crippen molar-refractivity contribution in [1.82, 2.24) is 5.32 Å². The molecule has 0 aliphatic heterocycles. The van der Waals surface area contributed by atoms with Crippen LogP contribution >= 0.6 is 0 Å². The Morgan fingerprint density at radius 1 is 1.33 bits per heavy atom. The summed E-state index contributed by atoms with van der Waals surface area (Å²) in [4.78, 5) is 11.8. The molecule has 0 radical (unpaired) electrons. The second-order valence-corrected chi connectivity index (χ2v) is 5.13. The van der Waals surface area contributed by atoms with Crippen LogP contribution in [0.1, 0.15) is 30.4 Å². The van der Waals surface area contributed by atoms with Crippen molar-refractivity contribution in [2.75, 3.05) is 6.54 Å². The van der Waals surface area contributed by atoms with Gasteiger partial charge in [-0.2, -0.15) is 0 Å². The van der Waals surface area contributed by atoms with Crippen molar-refractivity contribution in [3.8, 4) is 0 Å². The van der Waals surface area contributed by atoms with Crippen LogP contribution in [0.25, 0.3) is 0 Å². The Morgan fingerprint density at radius 3 is 2.67 bits per heavy atom. The van der Waals surface area contributed by atoms with Gasteiger partial charge in [0.25, 0.3) is 0 Å². The second kappa shape index (κ2) is 6.01. The third-order valence-corrected chi connectivity index (χ3v) is 3.65. The summed E-state index contributed by atoms with van der Waals surface area (Å²) < 4.78 is 0. The lowest BCUT2D eigenvalue weighted by Crippen LogP contribution is -2.35. The molecule has 2 atom stereocenters. The van der Waals surface area contributed by atoms with Gasteiger partial charge >= 0.3 is 0 Å². The number of aryl methyl sites for hydroxylation is 1. The molecule has 3 nitrogen and oxygen atoms in total. The maximum Gasteiger partial charge on any atom is 0.225 e. The van der Waals surface area contributed by atoms with Crippen LogP contribution < -0.4 is 5.32 Å². The van der Waals surface area contributed by atoms with Gasteiger partial charge in [-0.05, 0) is 38.2 Å². The smallest absolute Gasteiger partial charge is 0.225 e. The van der Waals surface area contributed by atoms with E-state index < -0.39 is 6.10 Å². The molecule has 1 fully saturated rings. The molecule has 2 N–H and O–H groups in total. The quantitative estimate of drug-likeness (QED) is 0.852.